The highest BCUT2D eigenvalue weighted by Crippen LogP contribution is 2.44. The third kappa shape index (κ3) is 5.34. The van der Waals surface area contributed by atoms with Gasteiger partial charge in [-0.25, -0.2) is 9.59 Å². The Morgan fingerprint density at radius 2 is 1.48 bits per heavy atom. The zero-order chi connectivity index (χ0) is 24.3. The van der Waals surface area contributed by atoms with Crippen LogP contribution >= 0.6 is 0 Å². The van der Waals surface area contributed by atoms with E-state index < -0.39 is 41.6 Å². The summed E-state index contributed by atoms with van der Waals surface area (Å²) in [5.41, 5.74) is 3.60. The van der Waals surface area contributed by atoms with E-state index in [9.17, 15) is 24.6 Å². The second-order valence-electron chi connectivity index (χ2n) is 9.33. The quantitative estimate of drug-likeness (QED) is 0.510. The molecule has 0 bridgehead atoms. The number of carboxylic acid groups (broad SMARTS) is 1. The minimum atomic E-state index is -1.49. The molecule has 0 aliphatic heterocycles. The van der Waals surface area contributed by atoms with Crippen molar-refractivity contribution in [3.63, 3.8) is 0 Å². The van der Waals surface area contributed by atoms with E-state index in [1.54, 1.807) is 20.8 Å². The van der Waals surface area contributed by atoms with Crippen molar-refractivity contribution in [2.75, 3.05) is 6.61 Å². The maximum absolute atomic E-state index is 12.8. The smallest absolute Gasteiger partial charge is 0.407 e. The largest absolute Gasteiger partial charge is 0.480 e. The minimum Gasteiger partial charge on any atom is -0.480 e. The van der Waals surface area contributed by atoms with Crippen LogP contribution in [0.3, 0.4) is 0 Å². The summed E-state index contributed by atoms with van der Waals surface area (Å²) in [7, 11) is 0. The van der Waals surface area contributed by atoms with Gasteiger partial charge in [-0.3, -0.25) is 4.79 Å². The van der Waals surface area contributed by atoms with Crippen LogP contribution in [0.4, 0.5) is 4.79 Å². The molecule has 1 aliphatic carbocycles. The number of amides is 2. The highest BCUT2D eigenvalue weighted by atomic mass is 16.5. The van der Waals surface area contributed by atoms with E-state index in [2.05, 4.69) is 10.6 Å². The SMILES string of the molecule is C[C@@H](O)[C@H](NC(=O)C(NC(=O)OCC1c2ccccc2-c2ccccc21)C(C)(C)C)C(=O)O. The number of hydrogen-bond acceptors (Lipinski definition) is 5. The summed E-state index contributed by atoms with van der Waals surface area (Å²) in [6.45, 7) is 6.56. The van der Waals surface area contributed by atoms with E-state index in [4.69, 9.17) is 4.74 Å². The predicted molar refractivity (Wildman–Crippen MR) is 123 cm³/mol. The Morgan fingerprint density at radius 1 is 0.970 bits per heavy atom. The molecule has 0 heterocycles. The Hall–Kier alpha value is -3.39. The Balaban J connectivity index is 1.71. The maximum atomic E-state index is 12.8. The number of aliphatic hydroxyl groups is 1. The highest BCUT2D eigenvalue weighted by Gasteiger charge is 2.37. The van der Waals surface area contributed by atoms with E-state index >= 15 is 0 Å². The second kappa shape index (κ2) is 9.62. The molecule has 3 atom stereocenters. The second-order valence-corrected chi connectivity index (χ2v) is 9.33. The highest BCUT2D eigenvalue weighted by molar-refractivity contribution is 5.90. The number of carboxylic acids is 1. The normalized spacial score (nSPS) is 15.5. The molecule has 0 spiro atoms. The first kappa shape index (κ1) is 24.3. The van der Waals surface area contributed by atoms with Crippen LogP contribution in [0.5, 0.6) is 0 Å². The van der Waals surface area contributed by atoms with Crippen molar-refractivity contribution in [2.24, 2.45) is 5.41 Å². The monoisotopic (exact) mass is 454 g/mol. The standard InChI is InChI=1S/C25H30N2O6/c1-14(28)20(23(30)31)26-22(29)21(25(2,3)4)27-24(32)33-13-19-17-11-7-5-9-15(17)16-10-6-8-12-18(16)19/h5-12,14,19-21,28H,13H2,1-4H3,(H,26,29)(H,27,32)(H,30,31)/t14-,20+,21?/m1/s1. The summed E-state index contributed by atoms with van der Waals surface area (Å²) in [4.78, 5) is 36.8. The molecule has 0 fully saturated rings. The number of nitrogens with one attached hydrogen (secondary N) is 2. The Bertz CT molecular complexity index is 998. The van der Waals surface area contributed by atoms with Crippen LogP contribution in [0, 0.1) is 5.41 Å². The lowest BCUT2D eigenvalue weighted by molar-refractivity contribution is -0.145. The number of aliphatic carboxylic acids is 1. The van der Waals surface area contributed by atoms with Crippen LogP contribution in [0.15, 0.2) is 48.5 Å². The van der Waals surface area contributed by atoms with Gasteiger partial charge in [0.25, 0.3) is 0 Å². The summed E-state index contributed by atoms with van der Waals surface area (Å²) in [6, 6.07) is 13.3. The van der Waals surface area contributed by atoms with Gasteiger partial charge >= 0.3 is 12.1 Å². The van der Waals surface area contributed by atoms with E-state index in [1.165, 1.54) is 6.92 Å². The molecule has 0 saturated carbocycles. The first-order valence-electron chi connectivity index (χ1n) is 10.8. The van der Waals surface area contributed by atoms with Crippen LogP contribution in [0.1, 0.15) is 44.7 Å². The van der Waals surface area contributed by atoms with Crippen LogP contribution in [-0.4, -0.2) is 53.0 Å². The molecule has 0 aromatic heterocycles. The molecule has 0 saturated heterocycles. The summed E-state index contributed by atoms with van der Waals surface area (Å²) in [6.07, 6.45) is -2.09. The van der Waals surface area contributed by atoms with Gasteiger partial charge in [0, 0.05) is 5.92 Å². The molecule has 0 radical (unpaired) electrons. The topological polar surface area (TPSA) is 125 Å². The van der Waals surface area contributed by atoms with Gasteiger partial charge in [0.2, 0.25) is 5.91 Å². The number of carbonyl (C=O) groups is 3. The summed E-state index contributed by atoms with van der Waals surface area (Å²) < 4.78 is 5.52. The molecular weight excluding hydrogens is 424 g/mol. The van der Waals surface area contributed by atoms with Crippen molar-refractivity contribution in [1.82, 2.24) is 10.6 Å². The third-order valence-corrected chi connectivity index (χ3v) is 5.78. The molecule has 2 aromatic carbocycles. The first-order valence-corrected chi connectivity index (χ1v) is 10.8. The van der Waals surface area contributed by atoms with Crippen molar-refractivity contribution in [1.29, 1.82) is 0 Å². The molecule has 33 heavy (non-hydrogen) atoms. The number of fused-ring (bicyclic) bond motifs is 3. The number of ether oxygens (including phenoxy) is 1. The van der Waals surface area contributed by atoms with Gasteiger partial charge in [0.05, 0.1) is 6.10 Å². The minimum absolute atomic E-state index is 0.0871. The number of hydrogen-bond donors (Lipinski definition) is 4. The van der Waals surface area contributed by atoms with E-state index in [0.717, 1.165) is 22.3 Å². The van der Waals surface area contributed by atoms with Crippen LogP contribution in [-0.2, 0) is 14.3 Å². The average molecular weight is 455 g/mol. The Labute approximate surface area is 193 Å². The molecule has 8 nitrogen and oxygen atoms in total. The molecule has 2 amide bonds. The number of benzene rings is 2. The van der Waals surface area contributed by atoms with Gasteiger partial charge < -0.3 is 25.6 Å². The van der Waals surface area contributed by atoms with Gasteiger partial charge in [-0.1, -0.05) is 69.3 Å². The lowest BCUT2D eigenvalue weighted by atomic mass is 9.86. The average Bonchev–Trinajstić information content (AvgIpc) is 3.06. The molecule has 4 N–H and O–H groups in total. The third-order valence-electron chi connectivity index (χ3n) is 5.78. The molecule has 2 aromatic rings. The molecular formula is C25H30N2O6. The summed E-state index contributed by atoms with van der Waals surface area (Å²) in [5.74, 6) is -2.21. The molecule has 3 rings (SSSR count). The fourth-order valence-corrected chi connectivity index (χ4v) is 4.06. The zero-order valence-corrected chi connectivity index (χ0v) is 19.2. The van der Waals surface area contributed by atoms with Crippen molar-refractivity contribution in [2.45, 2.75) is 51.8 Å². The number of aliphatic hydroxyl groups excluding tert-OH is 1. The van der Waals surface area contributed by atoms with Crippen molar-refractivity contribution >= 4 is 18.0 Å². The lowest BCUT2D eigenvalue weighted by Crippen LogP contribution is -2.58. The Kier molecular flexibility index (Phi) is 7.07. The van der Waals surface area contributed by atoms with Crippen molar-refractivity contribution in [3.05, 3.63) is 59.7 Å². The first-order chi connectivity index (χ1) is 15.5. The molecule has 176 valence electrons. The van der Waals surface area contributed by atoms with Crippen LogP contribution in [0.25, 0.3) is 11.1 Å². The lowest BCUT2D eigenvalue weighted by Gasteiger charge is -2.31. The predicted octanol–water partition coefficient (Wildman–Crippen LogP) is 2.89. The van der Waals surface area contributed by atoms with Gasteiger partial charge in [0.1, 0.15) is 12.6 Å². The summed E-state index contributed by atoms with van der Waals surface area (Å²) >= 11 is 0. The molecule has 8 heteroatoms. The number of carbonyl (C=O) groups excluding carboxylic acids is 2. The van der Waals surface area contributed by atoms with Gasteiger partial charge in [-0.2, -0.15) is 0 Å². The van der Waals surface area contributed by atoms with Crippen molar-refractivity contribution in [3.8, 4) is 11.1 Å². The molecule has 1 unspecified atom stereocenters. The molecule has 1 aliphatic rings. The number of alkyl carbamates (subject to hydrolysis) is 1. The van der Waals surface area contributed by atoms with E-state index in [-0.39, 0.29) is 12.5 Å². The fraction of sp³-hybridized carbons (Fsp3) is 0.400. The van der Waals surface area contributed by atoms with Gasteiger partial charge in [-0.05, 0) is 34.6 Å². The van der Waals surface area contributed by atoms with Gasteiger partial charge in [0.15, 0.2) is 6.04 Å². The van der Waals surface area contributed by atoms with Crippen LogP contribution < -0.4 is 10.6 Å². The van der Waals surface area contributed by atoms with Crippen molar-refractivity contribution < 1.29 is 29.3 Å². The van der Waals surface area contributed by atoms with E-state index in [0.29, 0.717) is 0 Å². The summed E-state index contributed by atoms with van der Waals surface area (Å²) in [5, 5.41) is 23.8. The van der Waals surface area contributed by atoms with Gasteiger partial charge in [-0.15, -0.1) is 0 Å². The Morgan fingerprint density at radius 3 is 1.94 bits per heavy atom. The van der Waals surface area contributed by atoms with E-state index in [1.807, 2.05) is 48.5 Å². The maximum Gasteiger partial charge on any atom is 0.407 e. The number of rotatable bonds is 7. The zero-order valence-electron chi connectivity index (χ0n) is 19.2. The van der Waals surface area contributed by atoms with Crippen LogP contribution in [0.2, 0.25) is 0 Å². The fourth-order valence-electron chi connectivity index (χ4n) is 4.06.